The molecule has 29 heavy (non-hydrogen) atoms. The summed E-state index contributed by atoms with van der Waals surface area (Å²) in [6.45, 7) is 8.31. The zero-order valence-corrected chi connectivity index (χ0v) is 20.0. The van der Waals surface area contributed by atoms with Gasteiger partial charge in [-0.05, 0) is 107 Å². The molecule has 0 aromatic heterocycles. The highest BCUT2D eigenvalue weighted by molar-refractivity contribution is 9.10. The molecule has 4 nitrogen and oxygen atoms in total. The lowest BCUT2D eigenvalue weighted by atomic mass is 9.89. The van der Waals surface area contributed by atoms with Gasteiger partial charge in [0.05, 0.1) is 13.7 Å². The van der Waals surface area contributed by atoms with E-state index in [0.29, 0.717) is 0 Å². The molecule has 2 fully saturated rings. The van der Waals surface area contributed by atoms with Gasteiger partial charge in [-0.15, -0.1) is 0 Å². The van der Waals surface area contributed by atoms with E-state index in [1.807, 2.05) is 6.07 Å². The SMILES string of the molecule is COCCN1CCCC(CCCN2CCC(Cc3cc(OC)ccc3Br)CC2)C1. The van der Waals surface area contributed by atoms with Crippen LogP contribution in [0.3, 0.4) is 0 Å². The van der Waals surface area contributed by atoms with E-state index < -0.39 is 0 Å². The first-order valence-electron chi connectivity index (χ1n) is 11.4. The quantitative estimate of drug-likeness (QED) is 0.491. The van der Waals surface area contributed by atoms with E-state index in [1.165, 1.54) is 81.3 Å². The Bertz CT molecular complexity index is 605. The molecule has 1 unspecified atom stereocenters. The van der Waals surface area contributed by atoms with Gasteiger partial charge in [0.1, 0.15) is 5.75 Å². The van der Waals surface area contributed by atoms with E-state index in [4.69, 9.17) is 9.47 Å². The van der Waals surface area contributed by atoms with E-state index in [2.05, 4.69) is 37.9 Å². The lowest BCUT2D eigenvalue weighted by Gasteiger charge is -2.34. The van der Waals surface area contributed by atoms with Gasteiger partial charge in [0, 0.05) is 24.7 Å². The molecule has 0 amide bonds. The van der Waals surface area contributed by atoms with Crippen LogP contribution in [0.1, 0.15) is 44.1 Å². The Morgan fingerprint density at radius 3 is 2.59 bits per heavy atom. The van der Waals surface area contributed by atoms with Gasteiger partial charge in [0.15, 0.2) is 0 Å². The van der Waals surface area contributed by atoms with E-state index >= 15 is 0 Å². The predicted molar refractivity (Wildman–Crippen MR) is 124 cm³/mol. The van der Waals surface area contributed by atoms with Crippen LogP contribution >= 0.6 is 15.9 Å². The lowest BCUT2D eigenvalue weighted by molar-refractivity contribution is 0.109. The Balaban J connectivity index is 1.33. The second-order valence-electron chi connectivity index (χ2n) is 8.89. The third kappa shape index (κ3) is 7.54. The van der Waals surface area contributed by atoms with Crippen molar-refractivity contribution in [1.82, 2.24) is 9.80 Å². The number of ether oxygens (including phenoxy) is 2. The molecule has 0 bridgehead atoms. The molecule has 3 rings (SSSR count). The fourth-order valence-corrected chi connectivity index (χ4v) is 5.38. The standard InChI is InChI=1S/C24H39BrN2O2/c1-28-16-15-27-12-4-6-21(19-27)5-3-11-26-13-9-20(10-14-26)17-22-18-23(29-2)7-8-24(22)25/h7-8,18,20-21H,3-6,9-17,19H2,1-2H3. The Kier molecular flexibility index (Phi) is 9.77. The minimum Gasteiger partial charge on any atom is -0.497 e. The van der Waals surface area contributed by atoms with Crippen molar-refractivity contribution in [2.45, 2.75) is 44.9 Å². The van der Waals surface area contributed by atoms with Crippen molar-refractivity contribution >= 4 is 15.9 Å². The van der Waals surface area contributed by atoms with Gasteiger partial charge in [-0.2, -0.15) is 0 Å². The number of nitrogens with zero attached hydrogens (tertiary/aromatic N) is 2. The molecular weight excluding hydrogens is 428 g/mol. The van der Waals surface area contributed by atoms with Gasteiger partial charge >= 0.3 is 0 Å². The van der Waals surface area contributed by atoms with Crippen LogP contribution in [-0.4, -0.2) is 69.9 Å². The largest absolute Gasteiger partial charge is 0.497 e. The van der Waals surface area contributed by atoms with Crippen molar-refractivity contribution in [1.29, 1.82) is 0 Å². The van der Waals surface area contributed by atoms with Crippen LogP contribution in [0.2, 0.25) is 0 Å². The van der Waals surface area contributed by atoms with E-state index in [-0.39, 0.29) is 0 Å². The molecule has 0 spiro atoms. The predicted octanol–water partition coefficient (Wildman–Crippen LogP) is 4.85. The van der Waals surface area contributed by atoms with Gasteiger partial charge in [0.2, 0.25) is 0 Å². The Morgan fingerprint density at radius 1 is 1.00 bits per heavy atom. The third-order valence-corrected chi connectivity index (χ3v) is 7.54. The van der Waals surface area contributed by atoms with E-state index in [1.54, 1.807) is 14.2 Å². The average molecular weight is 467 g/mol. The van der Waals surface area contributed by atoms with Crippen LogP contribution in [0.15, 0.2) is 22.7 Å². The molecule has 2 aliphatic heterocycles. The molecule has 0 radical (unpaired) electrons. The number of benzene rings is 1. The van der Waals surface area contributed by atoms with Crippen molar-refractivity contribution in [2.75, 3.05) is 60.1 Å². The summed E-state index contributed by atoms with van der Waals surface area (Å²) in [6, 6.07) is 6.33. The molecule has 5 heteroatoms. The highest BCUT2D eigenvalue weighted by atomic mass is 79.9. The maximum absolute atomic E-state index is 5.40. The van der Waals surface area contributed by atoms with Gasteiger partial charge < -0.3 is 19.3 Å². The summed E-state index contributed by atoms with van der Waals surface area (Å²) in [5.41, 5.74) is 1.39. The summed E-state index contributed by atoms with van der Waals surface area (Å²) < 4.78 is 11.9. The zero-order valence-electron chi connectivity index (χ0n) is 18.4. The Labute approximate surface area is 186 Å². The molecule has 2 saturated heterocycles. The molecule has 1 aromatic carbocycles. The maximum atomic E-state index is 5.40. The number of rotatable bonds is 10. The highest BCUT2D eigenvalue weighted by Crippen LogP contribution is 2.29. The van der Waals surface area contributed by atoms with Crippen LogP contribution in [0.25, 0.3) is 0 Å². The van der Waals surface area contributed by atoms with Crippen LogP contribution in [0.5, 0.6) is 5.75 Å². The molecule has 164 valence electrons. The normalized spacial score (nSPS) is 22.1. The minimum absolute atomic E-state index is 0.794. The van der Waals surface area contributed by atoms with E-state index in [0.717, 1.165) is 37.2 Å². The third-order valence-electron chi connectivity index (χ3n) is 6.77. The molecule has 2 aliphatic rings. The highest BCUT2D eigenvalue weighted by Gasteiger charge is 2.22. The number of likely N-dealkylation sites (tertiary alicyclic amines) is 2. The molecule has 1 aromatic rings. The van der Waals surface area contributed by atoms with Gasteiger partial charge in [0.25, 0.3) is 0 Å². The zero-order chi connectivity index (χ0) is 20.5. The second-order valence-corrected chi connectivity index (χ2v) is 9.74. The molecule has 0 N–H and O–H groups in total. The number of hydrogen-bond acceptors (Lipinski definition) is 4. The van der Waals surface area contributed by atoms with Crippen molar-refractivity contribution in [2.24, 2.45) is 11.8 Å². The Hall–Kier alpha value is -0.620. The fraction of sp³-hybridized carbons (Fsp3) is 0.750. The summed E-state index contributed by atoms with van der Waals surface area (Å²) in [7, 11) is 3.55. The van der Waals surface area contributed by atoms with Crippen molar-refractivity contribution in [3.63, 3.8) is 0 Å². The van der Waals surface area contributed by atoms with Crippen molar-refractivity contribution < 1.29 is 9.47 Å². The number of methoxy groups -OCH3 is 2. The Morgan fingerprint density at radius 2 is 1.83 bits per heavy atom. The molecule has 0 saturated carbocycles. The maximum Gasteiger partial charge on any atom is 0.119 e. The van der Waals surface area contributed by atoms with Gasteiger partial charge in [-0.25, -0.2) is 0 Å². The first-order valence-corrected chi connectivity index (χ1v) is 12.2. The van der Waals surface area contributed by atoms with Gasteiger partial charge in [-0.1, -0.05) is 15.9 Å². The van der Waals surface area contributed by atoms with Crippen LogP contribution in [-0.2, 0) is 11.2 Å². The average Bonchev–Trinajstić information content (AvgIpc) is 2.75. The van der Waals surface area contributed by atoms with Crippen LogP contribution in [0, 0.1) is 11.8 Å². The topological polar surface area (TPSA) is 24.9 Å². The lowest BCUT2D eigenvalue weighted by Crippen LogP contribution is -2.38. The molecule has 2 heterocycles. The fourth-order valence-electron chi connectivity index (χ4n) is 4.97. The first-order chi connectivity index (χ1) is 14.2. The number of hydrogen-bond donors (Lipinski definition) is 0. The van der Waals surface area contributed by atoms with Crippen LogP contribution < -0.4 is 4.74 Å². The smallest absolute Gasteiger partial charge is 0.119 e. The molecular formula is C24H39BrN2O2. The molecule has 0 aliphatic carbocycles. The summed E-state index contributed by atoms with van der Waals surface area (Å²) in [4.78, 5) is 5.29. The van der Waals surface area contributed by atoms with E-state index in [9.17, 15) is 0 Å². The summed E-state index contributed by atoms with van der Waals surface area (Å²) in [5.74, 6) is 2.65. The summed E-state index contributed by atoms with van der Waals surface area (Å²) >= 11 is 3.71. The summed E-state index contributed by atoms with van der Waals surface area (Å²) in [6.07, 6.45) is 9.32. The second kappa shape index (κ2) is 12.3. The van der Waals surface area contributed by atoms with Crippen molar-refractivity contribution in [3.05, 3.63) is 28.2 Å². The van der Waals surface area contributed by atoms with Crippen molar-refractivity contribution in [3.8, 4) is 5.75 Å². The minimum atomic E-state index is 0.794. The van der Waals surface area contributed by atoms with Crippen LogP contribution in [0.4, 0.5) is 0 Å². The first kappa shape index (κ1) is 23.1. The van der Waals surface area contributed by atoms with Gasteiger partial charge in [-0.3, -0.25) is 0 Å². The molecule has 1 atom stereocenters. The summed E-state index contributed by atoms with van der Waals surface area (Å²) in [5, 5.41) is 0. The number of halogens is 1. The monoisotopic (exact) mass is 466 g/mol. The number of piperidine rings is 2.